The molecule has 0 radical (unpaired) electrons. The van der Waals surface area contributed by atoms with Gasteiger partial charge in [0.2, 0.25) is 0 Å². The van der Waals surface area contributed by atoms with Crippen LogP contribution in [0.2, 0.25) is 0 Å². The van der Waals surface area contributed by atoms with Crippen LogP contribution >= 0.6 is 0 Å². The molecule has 118 valence electrons. The van der Waals surface area contributed by atoms with Crippen LogP contribution in [-0.2, 0) is 25.7 Å². The van der Waals surface area contributed by atoms with E-state index in [-0.39, 0.29) is 43.4 Å². The van der Waals surface area contributed by atoms with Crippen LogP contribution in [0.3, 0.4) is 0 Å². The molecule has 2 aromatic carbocycles. The maximum Gasteiger partial charge on any atom is 0.306 e. The van der Waals surface area contributed by atoms with Crippen molar-refractivity contribution >= 4 is 11.9 Å². The van der Waals surface area contributed by atoms with E-state index in [0.29, 0.717) is 0 Å². The van der Waals surface area contributed by atoms with Crippen molar-refractivity contribution in [2.45, 2.75) is 25.6 Å². The second-order valence-electron chi connectivity index (χ2n) is 5.64. The SMILES string of the molecule is O=C(C[C@H]1CC(=O)O[C@@H]1c1ccccc1)OCc1ccccc1. The molecule has 1 aliphatic heterocycles. The van der Waals surface area contributed by atoms with E-state index in [2.05, 4.69) is 0 Å². The van der Waals surface area contributed by atoms with Crippen LogP contribution in [0.15, 0.2) is 60.7 Å². The zero-order valence-electron chi connectivity index (χ0n) is 12.7. The Balaban J connectivity index is 1.59. The van der Waals surface area contributed by atoms with Crippen molar-refractivity contribution in [3.63, 3.8) is 0 Å². The van der Waals surface area contributed by atoms with Crippen molar-refractivity contribution in [2.24, 2.45) is 5.92 Å². The third-order valence-electron chi connectivity index (χ3n) is 3.92. The lowest BCUT2D eigenvalue weighted by atomic mass is 9.92. The molecule has 4 nitrogen and oxygen atoms in total. The summed E-state index contributed by atoms with van der Waals surface area (Å²) in [5.74, 6) is -0.744. The van der Waals surface area contributed by atoms with Crippen LogP contribution < -0.4 is 0 Å². The number of esters is 2. The number of carbonyl (C=O) groups excluding carboxylic acids is 2. The number of carbonyl (C=O) groups is 2. The van der Waals surface area contributed by atoms with Gasteiger partial charge in [0, 0.05) is 5.92 Å². The van der Waals surface area contributed by atoms with Gasteiger partial charge in [-0.05, 0) is 11.1 Å². The monoisotopic (exact) mass is 310 g/mol. The van der Waals surface area contributed by atoms with Gasteiger partial charge in [0.1, 0.15) is 12.7 Å². The van der Waals surface area contributed by atoms with Gasteiger partial charge in [0.05, 0.1) is 12.8 Å². The Morgan fingerprint density at radius 3 is 2.39 bits per heavy atom. The maximum absolute atomic E-state index is 12.1. The molecule has 0 aromatic heterocycles. The highest BCUT2D eigenvalue weighted by Gasteiger charge is 2.37. The van der Waals surface area contributed by atoms with Crippen molar-refractivity contribution in [1.29, 1.82) is 0 Å². The van der Waals surface area contributed by atoms with E-state index in [0.717, 1.165) is 11.1 Å². The van der Waals surface area contributed by atoms with Gasteiger partial charge in [0.15, 0.2) is 0 Å². The van der Waals surface area contributed by atoms with Crippen molar-refractivity contribution in [3.8, 4) is 0 Å². The number of ether oxygens (including phenoxy) is 2. The molecule has 1 aliphatic rings. The van der Waals surface area contributed by atoms with E-state index in [1.165, 1.54) is 0 Å². The molecule has 0 unspecified atom stereocenters. The molecule has 0 saturated carbocycles. The minimum atomic E-state index is -0.368. The minimum absolute atomic E-state index is 0.173. The first-order valence-corrected chi connectivity index (χ1v) is 7.66. The zero-order chi connectivity index (χ0) is 16.1. The van der Waals surface area contributed by atoms with E-state index in [4.69, 9.17) is 9.47 Å². The van der Waals surface area contributed by atoms with Gasteiger partial charge >= 0.3 is 11.9 Å². The molecule has 1 fully saturated rings. The largest absolute Gasteiger partial charge is 0.461 e. The fourth-order valence-electron chi connectivity index (χ4n) is 2.78. The van der Waals surface area contributed by atoms with Gasteiger partial charge in [-0.25, -0.2) is 0 Å². The Labute approximate surface area is 135 Å². The summed E-state index contributed by atoms with van der Waals surface area (Å²) >= 11 is 0. The van der Waals surface area contributed by atoms with E-state index < -0.39 is 0 Å². The zero-order valence-corrected chi connectivity index (χ0v) is 12.7. The summed E-state index contributed by atoms with van der Waals surface area (Å²) in [6.45, 7) is 0.247. The first-order valence-electron chi connectivity index (χ1n) is 7.66. The highest BCUT2D eigenvalue weighted by Crippen LogP contribution is 2.37. The second kappa shape index (κ2) is 7.09. The quantitative estimate of drug-likeness (QED) is 0.794. The summed E-state index contributed by atoms with van der Waals surface area (Å²) in [6.07, 6.45) is 0.0611. The van der Waals surface area contributed by atoms with E-state index >= 15 is 0 Å². The molecular formula is C19H18O4. The maximum atomic E-state index is 12.1. The standard InChI is InChI=1S/C19H18O4/c20-17(22-13-14-7-3-1-4-8-14)11-16-12-18(21)23-19(16)15-9-5-2-6-10-15/h1-10,16,19H,11-13H2/t16-,19+/m0/s1. The van der Waals surface area contributed by atoms with Crippen molar-refractivity contribution in [1.82, 2.24) is 0 Å². The molecule has 2 atom stereocenters. The van der Waals surface area contributed by atoms with E-state index in [1.54, 1.807) is 0 Å². The van der Waals surface area contributed by atoms with Crippen LogP contribution in [0.4, 0.5) is 0 Å². The number of cyclic esters (lactones) is 1. The lowest BCUT2D eigenvalue weighted by Gasteiger charge is -2.17. The number of hydrogen-bond acceptors (Lipinski definition) is 4. The first kappa shape index (κ1) is 15.3. The Morgan fingerprint density at radius 1 is 1.04 bits per heavy atom. The molecule has 1 heterocycles. The van der Waals surface area contributed by atoms with Crippen LogP contribution in [-0.4, -0.2) is 11.9 Å². The number of rotatable bonds is 5. The van der Waals surface area contributed by atoms with Gasteiger partial charge in [-0.3, -0.25) is 9.59 Å². The van der Waals surface area contributed by atoms with Gasteiger partial charge in [-0.15, -0.1) is 0 Å². The van der Waals surface area contributed by atoms with Crippen molar-refractivity contribution < 1.29 is 19.1 Å². The predicted molar refractivity (Wildman–Crippen MR) is 84.2 cm³/mol. The Morgan fingerprint density at radius 2 is 1.70 bits per heavy atom. The molecule has 1 saturated heterocycles. The lowest BCUT2D eigenvalue weighted by Crippen LogP contribution is -2.15. The van der Waals surface area contributed by atoms with Crippen LogP contribution in [0, 0.1) is 5.92 Å². The minimum Gasteiger partial charge on any atom is -0.461 e. The van der Waals surface area contributed by atoms with Crippen LogP contribution in [0.5, 0.6) is 0 Å². The second-order valence-corrected chi connectivity index (χ2v) is 5.64. The van der Waals surface area contributed by atoms with Crippen molar-refractivity contribution in [3.05, 3.63) is 71.8 Å². The van der Waals surface area contributed by atoms with Gasteiger partial charge in [-0.1, -0.05) is 60.7 Å². The predicted octanol–water partition coefficient (Wildman–Crippen LogP) is 3.42. The van der Waals surface area contributed by atoms with Crippen molar-refractivity contribution in [2.75, 3.05) is 0 Å². The molecule has 0 bridgehead atoms. The summed E-state index contributed by atoms with van der Waals surface area (Å²) in [5.41, 5.74) is 1.86. The van der Waals surface area contributed by atoms with E-state index in [1.807, 2.05) is 60.7 Å². The molecule has 0 N–H and O–H groups in total. The van der Waals surface area contributed by atoms with Gasteiger partial charge in [0.25, 0.3) is 0 Å². The Hall–Kier alpha value is -2.62. The smallest absolute Gasteiger partial charge is 0.306 e. The number of hydrogen-bond donors (Lipinski definition) is 0. The molecular weight excluding hydrogens is 292 g/mol. The third kappa shape index (κ3) is 3.97. The fraction of sp³-hybridized carbons (Fsp3) is 0.263. The fourth-order valence-corrected chi connectivity index (χ4v) is 2.78. The van der Waals surface area contributed by atoms with Crippen LogP contribution in [0.1, 0.15) is 30.1 Å². The number of benzene rings is 2. The molecule has 4 heteroatoms. The highest BCUT2D eigenvalue weighted by atomic mass is 16.6. The van der Waals surface area contributed by atoms with Gasteiger partial charge < -0.3 is 9.47 Å². The normalized spacial score (nSPS) is 20.1. The van der Waals surface area contributed by atoms with Gasteiger partial charge in [-0.2, -0.15) is 0 Å². The summed E-state index contributed by atoms with van der Waals surface area (Å²) in [7, 11) is 0. The summed E-state index contributed by atoms with van der Waals surface area (Å²) in [4.78, 5) is 23.7. The van der Waals surface area contributed by atoms with E-state index in [9.17, 15) is 9.59 Å². The molecule has 0 amide bonds. The summed E-state index contributed by atoms with van der Waals surface area (Å²) in [6, 6.07) is 19.0. The molecule has 23 heavy (non-hydrogen) atoms. The third-order valence-corrected chi connectivity index (χ3v) is 3.92. The first-order chi connectivity index (χ1) is 11.2. The van der Waals surface area contributed by atoms with Crippen LogP contribution in [0.25, 0.3) is 0 Å². The Bertz CT molecular complexity index is 666. The molecule has 2 aromatic rings. The summed E-state index contributed by atoms with van der Waals surface area (Å²) in [5, 5.41) is 0. The topological polar surface area (TPSA) is 52.6 Å². The average Bonchev–Trinajstić information content (AvgIpc) is 2.95. The summed E-state index contributed by atoms with van der Waals surface area (Å²) < 4.78 is 10.7. The highest BCUT2D eigenvalue weighted by molar-refractivity contribution is 5.75. The Kier molecular flexibility index (Phi) is 4.71. The molecule has 3 rings (SSSR count). The molecule has 0 spiro atoms. The lowest BCUT2D eigenvalue weighted by molar-refractivity contribution is -0.147. The average molecular weight is 310 g/mol. The molecule has 0 aliphatic carbocycles.